The predicted octanol–water partition coefficient (Wildman–Crippen LogP) is 2.26. The van der Waals surface area contributed by atoms with E-state index >= 15 is 0 Å². The normalized spacial score (nSPS) is 10.4. The summed E-state index contributed by atoms with van der Waals surface area (Å²) < 4.78 is 6.58. The highest BCUT2D eigenvalue weighted by Crippen LogP contribution is 2.14. The van der Waals surface area contributed by atoms with E-state index in [1.807, 2.05) is 0 Å². The van der Waals surface area contributed by atoms with Crippen LogP contribution in [0.15, 0.2) is 34.4 Å². The Kier molecular flexibility index (Phi) is 5.05. The van der Waals surface area contributed by atoms with Crippen LogP contribution >= 0.6 is 11.3 Å². The van der Waals surface area contributed by atoms with Crippen molar-refractivity contribution in [3.63, 3.8) is 0 Å². The zero-order chi connectivity index (χ0) is 16.1. The molecule has 22 heavy (non-hydrogen) atoms. The summed E-state index contributed by atoms with van der Waals surface area (Å²) in [6.07, 6.45) is 0.0758. The minimum absolute atomic E-state index is 0.0297. The van der Waals surface area contributed by atoms with Gasteiger partial charge in [-0.15, -0.1) is 0 Å². The lowest BCUT2D eigenvalue weighted by Crippen LogP contribution is -2.17. The van der Waals surface area contributed by atoms with Crippen molar-refractivity contribution in [2.45, 2.75) is 26.5 Å². The number of ether oxygens (including phenoxy) is 1. The van der Waals surface area contributed by atoms with Gasteiger partial charge in [-0.25, -0.2) is 0 Å². The van der Waals surface area contributed by atoms with Gasteiger partial charge in [-0.2, -0.15) is 0 Å². The van der Waals surface area contributed by atoms with Crippen molar-refractivity contribution in [1.29, 1.82) is 0 Å². The van der Waals surface area contributed by atoms with Crippen LogP contribution in [0, 0.1) is 17.0 Å². The smallest absolute Gasteiger partial charge is 0.307 e. The minimum atomic E-state index is -0.503. The van der Waals surface area contributed by atoms with Crippen molar-refractivity contribution >= 4 is 23.0 Å². The van der Waals surface area contributed by atoms with Gasteiger partial charge in [0, 0.05) is 29.8 Å². The molecule has 116 valence electrons. The summed E-state index contributed by atoms with van der Waals surface area (Å²) in [5, 5.41) is 12.4. The van der Waals surface area contributed by atoms with Crippen LogP contribution < -0.4 is 4.87 Å². The van der Waals surface area contributed by atoms with Gasteiger partial charge in [0.15, 0.2) is 0 Å². The maximum Gasteiger partial charge on any atom is 0.307 e. The Balaban J connectivity index is 1.87. The molecule has 8 heteroatoms. The fourth-order valence-corrected chi connectivity index (χ4v) is 2.63. The molecule has 0 amide bonds. The van der Waals surface area contributed by atoms with Gasteiger partial charge in [0.1, 0.15) is 6.61 Å². The molecule has 0 fully saturated rings. The first-order valence-corrected chi connectivity index (χ1v) is 7.39. The number of nitro groups is 1. The molecule has 2 aromatic rings. The first-order valence-electron chi connectivity index (χ1n) is 6.51. The Hall–Kier alpha value is -2.48. The van der Waals surface area contributed by atoms with Crippen molar-refractivity contribution in [2.75, 3.05) is 0 Å². The molecule has 2 rings (SSSR count). The zero-order valence-electron chi connectivity index (χ0n) is 11.9. The van der Waals surface area contributed by atoms with Crippen molar-refractivity contribution < 1.29 is 14.5 Å². The molecule has 7 nitrogen and oxygen atoms in total. The van der Waals surface area contributed by atoms with E-state index in [0.717, 1.165) is 17.0 Å². The highest BCUT2D eigenvalue weighted by Gasteiger charge is 2.09. The van der Waals surface area contributed by atoms with E-state index in [1.165, 1.54) is 22.8 Å². The number of hydrogen-bond donors (Lipinski definition) is 0. The maximum absolute atomic E-state index is 11.7. The van der Waals surface area contributed by atoms with Crippen molar-refractivity contribution in [3.05, 3.63) is 60.7 Å². The highest BCUT2D eigenvalue weighted by atomic mass is 32.1. The maximum atomic E-state index is 11.7. The number of esters is 1. The number of carbonyl (C=O) groups is 1. The second-order valence-corrected chi connectivity index (χ2v) is 5.45. The second kappa shape index (κ2) is 6.99. The molecule has 0 spiro atoms. The van der Waals surface area contributed by atoms with E-state index in [0.29, 0.717) is 5.56 Å². The highest BCUT2D eigenvalue weighted by molar-refractivity contribution is 7.07. The van der Waals surface area contributed by atoms with Gasteiger partial charge in [-0.3, -0.25) is 19.7 Å². The molecule has 0 aliphatic heterocycles. The molecule has 0 saturated carbocycles. The quantitative estimate of drug-likeness (QED) is 0.462. The molecule has 0 aliphatic rings. The number of nitrogens with zero attached hydrogens (tertiary/aromatic N) is 2. The van der Waals surface area contributed by atoms with E-state index in [-0.39, 0.29) is 30.1 Å². The third-order valence-corrected chi connectivity index (χ3v) is 3.92. The number of nitro benzene ring substituents is 1. The van der Waals surface area contributed by atoms with Crippen LogP contribution in [0.4, 0.5) is 5.69 Å². The number of aromatic nitrogens is 1. The third kappa shape index (κ3) is 4.01. The van der Waals surface area contributed by atoms with E-state index in [4.69, 9.17) is 4.74 Å². The average Bonchev–Trinajstić information content (AvgIpc) is 2.82. The molecule has 0 saturated heterocycles. The molecule has 0 bridgehead atoms. The van der Waals surface area contributed by atoms with Gasteiger partial charge in [0.25, 0.3) is 5.69 Å². The Morgan fingerprint density at radius 1 is 1.45 bits per heavy atom. The molecule has 0 N–H and O–H groups in total. The first-order chi connectivity index (χ1) is 10.5. The summed E-state index contributed by atoms with van der Waals surface area (Å²) >= 11 is 1.09. The number of non-ortho nitro benzene ring substituents is 1. The molecule has 0 radical (unpaired) electrons. The SMILES string of the molecule is Cc1csc(=O)n1CCC(=O)OCc1cccc([N+](=O)[O-])c1. The number of benzene rings is 1. The van der Waals surface area contributed by atoms with Crippen molar-refractivity contribution in [1.82, 2.24) is 4.57 Å². The summed E-state index contributed by atoms with van der Waals surface area (Å²) in [5.41, 5.74) is 1.31. The zero-order valence-corrected chi connectivity index (χ0v) is 12.7. The topological polar surface area (TPSA) is 91.4 Å². The molecule has 0 aliphatic carbocycles. The summed E-state index contributed by atoms with van der Waals surface area (Å²) in [6.45, 7) is 2.03. The summed E-state index contributed by atoms with van der Waals surface area (Å²) in [4.78, 5) is 33.2. The average molecular weight is 322 g/mol. The van der Waals surface area contributed by atoms with Gasteiger partial charge in [0.05, 0.1) is 11.3 Å². The van der Waals surface area contributed by atoms with E-state index in [9.17, 15) is 19.7 Å². The predicted molar refractivity (Wildman–Crippen MR) is 80.8 cm³/mol. The molecule has 0 atom stereocenters. The molecular weight excluding hydrogens is 308 g/mol. The van der Waals surface area contributed by atoms with Gasteiger partial charge >= 0.3 is 10.8 Å². The number of carbonyl (C=O) groups excluding carboxylic acids is 1. The van der Waals surface area contributed by atoms with Crippen LogP contribution in [0.25, 0.3) is 0 Å². The Morgan fingerprint density at radius 2 is 2.23 bits per heavy atom. The largest absolute Gasteiger partial charge is 0.461 e. The van der Waals surface area contributed by atoms with Crippen molar-refractivity contribution in [2.24, 2.45) is 0 Å². The monoisotopic (exact) mass is 322 g/mol. The van der Waals surface area contributed by atoms with E-state index in [1.54, 1.807) is 18.4 Å². The lowest BCUT2D eigenvalue weighted by atomic mass is 10.2. The van der Waals surface area contributed by atoms with Crippen LogP contribution in [0.3, 0.4) is 0 Å². The number of hydrogen-bond acceptors (Lipinski definition) is 6. The fraction of sp³-hybridized carbons (Fsp3) is 0.286. The Morgan fingerprint density at radius 3 is 2.86 bits per heavy atom. The van der Waals surface area contributed by atoms with Crippen LogP contribution in [-0.4, -0.2) is 15.5 Å². The lowest BCUT2D eigenvalue weighted by Gasteiger charge is -2.06. The van der Waals surface area contributed by atoms with Crippen LogP contribution in [0.1, 0.15) is 17.7 Å². The molecular formula is C14H14N2O5S. The van der Waals surface area contributed by atoms with Gasteiger partial charge in [0.2, 0.25) is 0 Å². The Labute approximate surface area is 129 Å². The minimum Gasteiger partial charge on any atom is -0.461 e. The molecule has 0 unspecified atom stereocenters. The van der Waals surface area contributed by atoms with Gasteiger partial charge < -0.3 is 9.30 Å². The lowest BCUT2D eigenvalue weighted by molar-refractivity contribution is -0.384. The van der Waals surface area contributed by atoms with Crippen molar-refractivity contribution in [3.8, 4) is 0 Å². The van der Waals surface area contributed by atoms with Gasteiger partial charge in [-0.1, -0.05) is 23.5 Å². The Bertz CT molecular complexity index is 750. The van der Waals surface area contributed by atoms with E-state index in [2.05, 4.69) is 0 Å². The van der Waals surface area contributed by atoms with Crippen LogP contribution in [0.2, 0.25) is 0 Å². The first kappa shape index (κ1) is 15.9. The van der Waals surface area contributed by atoms with Gasteiger partial charge in [-0.05, 0) is 12.5 Å². The number of thiazole rings is 1. The molecule has 1 aromatic heterocycles. The molecule has 1 heterocycles. The number of aryl methyl sites for hydroxylation is 1. The van der Waals surface area contributed by atoms with E-state index < -0.39 is 10.9 Å². The van der Waals surface area contributed by atoms with Crippen LogP contribution in [-0.2, 0) is 22.7 Å². The standard InChI is InChI=1S/C14H14N2O5S/c1-10-9-22-14(18)15(10)6-5-13(17)21-8-11-3-2-4-12(7-11)16(19)20/h2-4,7,9H,5-6,8H2,1H3. The summed E-state index contributed by atoms with van der Waals surface area (Å²) in [5.74, 6) is -0.455. The third-order valence-electron chi connectivity index (χ3n) is 3.04. The summed E-state index contributed by atoms with van der Waals surface area (Å²) in [7, 11) is 0. The number of rotatable bonds is 6. The second-order valence-electron chi connectivity index (χ2n) is 4.63. The fourth-order valence-electron chi connectivity index (χ4n) is 1.87. The van der Waals surface area contributed by atoms with Crippen LogP contribution in [0.5, 0.6) is 0 Å². The molecule has 1 aromatic carbocycles. The summed E-state index contributed by atoms with van der Waals surface area (Å²) in [6, 6.07) is 5.92.